The maximum atomic E-state index is 13.3. The highest BCUT2D eigenvalue weighted by Crippen LogP contribution is 2.40. The molecular formula is C16H19FO2. The van der Waals surface area contributed by atoms with E-state index >= 15 is 0 Å². The summed E-state index contributed by atoms with van der Waals surface area (Å²) in [4.78, 5) is 12.3. The van der Waals surface area contributed by atoms with Crippen LogP contribution in [0.15, 0.2) is 24.3 Å². The molecule has 3 heteroatoms. The second-order valence-electron chi connectivity index (χ2n) is 5.85. The summed E-state index contributed by atoms with van der Waals surface area (Å²) in [5, 5.41) is 9.84. The van der Waals surface area contributed by atoms with E-state index in [4.69, 9.17) is 0 Å². The van der Waals surface area contributed by atoms with Crippen molar-refractivity contribution in [3.05, 3.63) is 41.2 Å². The van der Waals surface area contributed by atoms with Crippen molar-refractivity contribution >= 4 is 11.5 Å². The van der Waals surface area contributed by atoms with Crippen LogP contribution in [0.25, 0.3) is 5.76 Å². The van der Waals surface area contributed by atoms with Crippen molar-refractivity contribution in [3.8, 4) is 0 Å². The van der Waals surface area contributed by atoms with Gasteiger partial charge in [0.05, 0.1) is 5.41 Å². The summed E-state index contributed by atoms with van der Waals surface area (Å²) in [6, 6.07) is 4.26. The third-order valence-corrected chi connectivity index (χ3v) is 3.89. The summed E-state index contributed by atoms with van der Waals surface area (Å²) in [6.07, 6.45) is 2.83. The average molecular weight is 262 g/mol. The number of carbonyl (C=O) groups is 1. The van der Waals surface area contributed by atoms with Gasteiger partial charge in [-0.25, -0.2) is 4.39 Å². The number of hydrogen-bond donors (Lipinski definition) is 1. The van der Waals surface area contributed by atoms with Crippen LogP contribution in [0.2, 0.25) is 0 Å². The minimum Gasteiger partial charge on any atom is -0.507 e. The van der Waals surface area contributed by atoms with Crippen LogP contribution in [-0.4, -0.2) is 10.9 Å². The number of carbonyl (C=O) groups excluding carboxylic acids is 1. The first-order chi connectivity index (χ1) is 8.84. The van der Waals surface area contributed by atoms with Crippen molar-refractivity contribution < 1.29 is 14.3 Å². The van der Waals surface area contributed by atoms with Crippen molar-refractivity contribution in [3.63, 3.8) is 0 Å². The first-order valence-corrected chi connectivity index (χ1v) is 6.60. The Morgan fingerprint density at radius 2 is 2.05 bits per heavy atom. The fourth-order valence-electron chi connectivity index (χ4n) is 2.54. The highest BCUT2D eigenvalue weighted by atomic mass is 19.1. The van der Waals surface area contributed by atoms with Gasteiger partial charge in [0.25, 0.3) is 0 Å². The molecule has 2 nitrogen and oxygen atoms in total. The highest BCUT2D eigenvalue weighted by molar-refractivity contribution is 6.06. The van der Waals surface area contributed by atoms with Crippen LogP contribution >= 0.6 is 0 Å². The van der Waals surface area contributed by atoms with Crippen LogP contribution in [0.5, 0.6) is 0 Å². The van der Waals surface area contributed by atoms with Crippen LogP contribution in [0.1, 0.15) is 44.7 Å². The van der Waals surface area contributed by atoms with Gasteiger partial charge < -0.3 is 5.11 Å². The number of aliphatic hydroxyl groups is 1. The zero-order valence-electron chi connectivity index (χ0n) is 11.5. The summed E-state index contributed by atoms with van der Waals surface area (Å²) in [7, 11) is 0. The number of rotatable bonds is 3. The van der Waals surface area contributed by atoms with E-state index in [-0.39, 0.29) is 11.5 Å². The van der Waals surface area contributed by atoms with Crippen molar-refractivity contribution in [2.75, 3.05) is 0 Å². The van der Waals surface area contributed by atoms with Crippen molar-refractivity contribution in [2.24, 2.45) is 5.92 Å². The maximum absolute atomic E-state index is 13.3. The Morgan fingerprint density at radius 3 is 2.68 bits per heavy atom. The first kappa shape index (κ1) is 13.8. The first-order valence-electron chi connectivity index (χ1n) is 6.60. The number of fused-ring (bicyclic) bond motifs is 1. The highest BCUT2D eigenvalue weighted by Gasteiger charge is 2.39. The molecule has 0 bridgehead atoms. The minimum absolute atomic E-state index is 0.107. The van der Waals surface area contributed by atoms with Crippen LogP contribution in [-0.2, 0) is 10.2 Å². The number of benzene rings is 1. The maximum Gasteiger partial charge on any atom is 0.169 e. The standard InChI is InChI=1S/C16H19FO2/c1-10(2)6-7-16(3)13-5-4-11(17)8-12(13)14(18)9-15(16)19/h4-5,8-10,18H,6-7H2,1-3H3/t16-/m1/s1. The largest absolute Gasteiger partial charge is 0.507 e. The van der Waals surface area contributed by atoms with Crippen LogP contribution in [0, 0.1) is 11.7 Å². The zero-order valence-corrected chi connectivity index (χ0v) is 11.5. The second-order valence-corrected chi connectivity index (χ2v) is 5.85. The van der Waals surface area contributed by atoms with Gasteiger partial charge in [0.15, 0.2) is 5.78 Å². The van der Waals surface area contributed by atoms with Crippen LogP contribution in [0.4, 0.5) is 4.39 Å². The van der Waals surface area contributed by atoms with Crippen molar-refractivity contribution in [1.29, 1.82) is 0 Å². The molecule has 0 aromatic heterocycles. The molecule has 2 rings (SSSR count). The Bertz CT molecular complexity index is 546. The SMILES string of the molecule is CC(C)CC[C@@]1(C)C(=O)C=C(O)c2cc(F)ccc21. The molecule has 1 N–H and O–H groups in total. The Kier molecular flexibility index (Phi) is 3.48. The summed E-state index contributed by atoms with van der Waals surface area (Å²) < 4.78 is 13.3. The third-order valence-electron chi connectivity index (χ3n) is 3.89. The summed E-state index contributed by atoms with van der Waals surface area (Å²) in [5.41, 5.74) is 0.491. The quantitative estimate of drug-likeness (QED) is 0.894. The number of halogens is 1. The van der Waals surface area contributed by atoms with Gasteiger partial charge >= 0.3 is 0 Å². The molecule has 1 aromatic rings. The van der Waals surface area contributed by atoms with E-state index in [0.29, 0.717) is 17.9 Å². The molecule has 1 aliphatic carbocycles. The monoisotopic (exact) mass is 262 g/mol. The molecule has 1 atom stereocenters. The summed E-state index contributed by atoms with van der Waals surface area (Å²) in [6.45, 7) is 6.09. The Hall–Kier alpha value is -1.64. The molecule has 19 heavy (non-hydrogen) atoms. The normalized spacial score (nSPS) is 22.4. The van der Waals surface area contributed by atoms with E-state index in [1.54, 1.807) is 6.07 Å². The molecule has 0 spiro atoms. The minimum atomic E-state index is -0.667. The molecule has 0 amide bonds. The van der Waals surface area contributed by atoms with Crippen LogP contribution < -0.4 is 0 Å². The predicted molar refractivity (Wildman–Crippen MR) is 73.4 cm³/mol. The average Bonchev–Trinajstić information content (AvgIpc) is 2.34. The molecule has 0 saturated carbocycles. The van der Waals surface area contributed by atoms with E-state index in [1.165, 1.54) is 18.2 Å². The molecule has 0 saturated heterocycles. The van der Waals surface area contributed by atoms with E-state index in [0.717, 1.165) is 12.0 Å². The lowest BCUT2D eigenvalue weighted by Crippen LogP contribution is -2.35. The van der Waals surface area contributed by atoms with Crippen molar-refractivity contribution in [2.45, 2.75) is 39.0 Å². The lowest BCUT2D eigenvalue weighted by Gasteiger charge is -2.33. The topological polar surface area (TPSA) is 37.3 Å². The Balaban J connectivity index is 2.49. The fourth-order valence-corrected chi connectivity index (χ4v) is 2.54. The second kappa shape index (κ2) is 4.80. The lowest BCUT2D eigenvalue weighted by atomic mass is 9.69. The number of allylic oxidation sites excluding steroid dienone is 1. The molecule has 1 aliphatic rings. The lowest BCUT2D eigenvalue weighted by molar-refractivity contribution is -0.119. The number of ketones is 1. The van der Waals surface area contributed by atoms with Gasteiger partial charge in [0.1, 0.15) is 11.6 Å². The van der Waals surface area contributed by atoms with E-state index in [1.807, 2.05) is 6.92 Å². The molecule has 0 aliphatic heterocycles. The Labute approximate surface area is 113 Å². The molecule has 0 fully saturated rings. The molecule has 0 heterocycles. The van der Waals surface area contributed by atoms with Gasteiger partial charge in [0.2, 0.25) is 0 Å². The van der Waals surface area contributed by atoms with Gasteiger partial charge in [-0.3, -0.25) is 4.79 Å². The Morgan fingerprint density at radius 1 is 1.37 bits per heavy atom. The predicted octanol–water partition coefficient (Wildman–Crippen LogP) is 4.00. The molecule has 1 aromatic carbocycles. The summed E-state index contributed by atoms with van der Waals surface area (Å²) in [5.74, 6) is -0.154. The molecule has 0 radical (unpaired) electrons. The van der Waals surface area contributed by atoms with E-state index in [2.05, 4.69) is 13.8 Å². The van der Waals surface area contributed by atoms with E-state index < -0.39 is 11.2 Å². The smallest absolute Gasteiger partial charge is 0.169 e. The zero-order chi connectivity index (χ0) is 14.2. The van der Waals surface area contributed by atoms with Gasteiger partial charge in [-0.2, -0.15) is 0 Å². The van der Waals surface area contributed by atoms with Gasteiger partial charge in [0, 0.05) is 11.6 Å². The fraction of sp³-hybridized carbons (Fsp3) is 0.438. The number of aliphatic hydroxyl groups excluding tert-OH is 1. The molecular weight excluding hydrogens is 243 g/mol. The van der Waals surface area contributed by atoms with Gasteiger partial charge in [-0.05, 0) is 43.4 Å². The van der Waals surface area contributed by atoms with E-state index in [9.17, 15) is 14.3 Å². The third kappa shape index (κ3) is 2.42. The molecule has 0 unspecified atom stereocenters. The van der Waals surface area contributed by atoms with Crippen molar-refractivity contribution in [1.82, 2.24) is 0 Å². The summed E-state index contributed by atoms with van der Waals surface area (Å²) >= 11 is 0. The van der Waals surface area contributed by atoms with Gasteiger partial charge in [-0.1, -0.05) is 19.9 Å². The number of hydrogen-bond acceptors (Lipinski definition) is 2. The molecule has 102 valence electrons. The van der Waals surface area contributed by atoms with Gasteiger partial charge in [-0.15, -0.1) is 0 Å². The van der Waals surface area contributed by atoms with Crippen LogP contribution in [0.3, 0.4) is 0 Å².